The third kappa shape index (κ3) is 9.67. The summed E-state index contributed by atoms with van der Waals surface area (Å²) >= 11 is 6.52. The van der Waals surface area contributed by atoms with E-state index in [1.807, 2.05) is 16.4 Å². The van der Waals surface area contributed by atoms with Crippen molar-refractivity contribution in [1.29, 1.82) is 0 Å². The Labute approximate surface area is 326 Å². The third-order valence-electron chi connectivity index (χ3n) is 10.6. The van der Waals surface area contributed by atoms with Crippen LogP contribution in [0.25, 0.3) is 0 Å². The number of anilines is 1. The predicted molar refractivity (Wildman–Crippen MR) is 204 cm³/mol. The zero-order valence-electron chi connectivity index (χ0n) is 31.0. The number of aldehydes is 1. The Hall–Kier alpha value is -4.06. The van der Waals surface area contributed by atoms with E-state index in [9.17, 15) is 27.0 Å². The van der Waals surface area contributed by atoms with Crippen LogP contribution in [0, 0.1) is 11.8 Å². The predicted octanol–water partition coefficient (Wildman–Crippen LogP) is 5.20. The standard InChI is InChI=1S/C37H47ClF3N9O4S/c1-24(48-14-9-25(10-15-48)26-5-7-30-32(19-26)47(3)46-34(30)50(13-4-18-51)36(52)42-2)23-54-33-20-29(6-8-31(33)38)55(53)49-16-11-28(12-17-49)45-35-43-21-27(22-44-35)37(39,40)41/h5-8,18-22,24-25,28,30,32H,4,9-17,23H2,1-3H3,(H,42,52)(H,43,44,45). The van der Waals surface area contributed by atoms with Gasteiger partial charge in [0.1, 0.15) is 35.5 Å². The number of nitrogens with one attached hydrogen (secondary N) is 2. The highest BCUT2D eigenvalue weighted by Crippen LogP contribution is 2.36. The summed E-state index contributed by atoms with van der Waals surface area (Å²) in [5.74, 6) is 1.56. The monoisotopic (exact) mass is 805 g/mol. The Morgan fingerprint density at radius 2 is 1.85 bits per heavy atom. The van der Waals surface area contributed by atoms with E-state index < -0.39 is 22.7 Å². The lowest BCUT2D eigenvalue weighted by Crippen LogP contribution is -2.46. The molecular formula is C37H47ClF3N9O4S. The van der Waals surface area contributed by atoms with Crippen LogP contribution in [0.3, 0.4) is 0 Å². The summed E-state index contributed by atoms with van der Waals surface area (Å²) < 4.78 is 60.1. The number of halogens is 4. The largest absolute Gasteiger partial charge is 0.490 e. The van der Waals surface area contributed by atoms with E-state index in [0.717, 1.165) is 44.6 Å². The first-order valence-corrected chi connectivity index (χ1v) is 20.0. The van der Waals surface area contributed by atoms with E-state index in [1.54, 1.807) is 30.1 Å². The molecule has 0 bridgehead atoms. The fraction of sp³-hybridized carbons (Fsp3) is 0.541. The maximum absolute atomic E-state index is 13.5. The molecule has 4 unspecified atom stereocenters. The molecule has 0 spiro atoms. The summed E-state index contributed by atoms with van der Waals surface area (Å²) in [5, 5.41) is 12.8. The van der Waals surface area contributed by atoms with Crippen molar-refractivity contribution in [3.05, 3.63) is 65.0 Å². The van der Waals surface area contributed by atoms with Crippen molar-refractivity contribution in [2.75, 3.05) is 58.7 Å². The highest BCUT2D eigenvalue weighted by molar-refractivity contribution is 7.82. The highest BCUT2D eigenvalue weighted by atomic mass is 35.5. The molecule has 3 aliphatic heterocycles. The van der Waals surface area contributed by atoms with Gasteiger partial charge in [0.15, 0.2) is 0 Å². The van der Waals surface area contributed by atoms with Crippen molar-refractivity contribution in [3.8, 4) is 5.75 Å². The van der Waals surface area contributed by atoms with Crippen molar-refractivity contribution in [2.45, 2.75) is 68.2 Å². The molecule has 18 heteroatoms. The van der Waals surface area contributed by atoms with Crippen LogP contribution in [0.5, 0.6) is 5.75 Å². The van der Waals surface area contributed by atoms with Gasteiger partial charge in [0.25, 0.3) is 0 Å². The molecule has 2 saturated heterocycles. The molecule has 1 aromatic carbocycles. The Morgan fingerprint density at radius 3 is 2.51 bits per heavy atom. The molecule has 2 N–H and O–H groups in total. The molecule has 2 aromatic rings. The van der Waals surface area contributed by atoms with Gasteiger partial charge in [-0.25, -0.2) is 23.3 Å². The van der Waals surface area contributed by atoms with Crippen LogP contribution in [0.4, 0.5) is 23.9 Å². The number of hydrazone groups is 1. The highest BCUT2D eigenvalue weighted by Gasteiger charge is 2.40. The van der Waals surface area contributed by atoms with E-state index in [2.05, 4.69) is 50.7 Å². The number of fused-ring (bicyclic) bond motifs is 1. The number of amidine groups is 1. The summed E-state index contributed by atoms with van der Waals surface area (Å²) in [4.78, 5) is 35.8. The number of allylic oxidation sites excluding steroid dienone is 2. The van der Waals surface area contributed by atoms with Crippen LogP contribution >= 0.6 is 11.6 Å². The number of urea groups is 1. The van der Waals surface area contributed by atoms with Crippen LogP contribution < -0.4 is 15.4 Å². The van der Waals surface area contributed by atoms with Gasteiger partial charge >= 0.3 is 12.2 Å². The fourth-order valence-corrected chi connectivity index (χ4v) is 8.85. The summed E-state index contributed by atoms with van der Waals surface area (Å²) in [6.07, 6.45) is 7.84. The van der Waals surface area contributed by atoms with Gasteiger partial charge in [-0.2, -0.15) is 18.3 Å². The molecule has 2 amide bonds. The molecule has 0 radical (unpaired) electrons. The molecule has 4 atom stereocenters. The van der Waals surface area contributed by atoms with Gasteiger partial charge in [-0.1, -0.05) is 29.8 Å². The second-order valence-corrected chi connectivity index (χ2v) is 16.1. The number of rotatable bonds is 12. The van der Waals surface area contributed by atoms with Crippen molar-refractivity contribution >= 4 is 46.7 Å². The lowest BCUT2D eigenvalue weighted by atomic mass is 9.82. The third-order valence-corrected chi connectivity index (χ3v) is 12.4. The average Bonchev–Trinajstić information content (AvgIpc) is 3.52. The molecule has 55 heavy (non-hydrogen) atoms. The van der Waals surface area contributed by atoms with E-state index in [-0.39, 0.29) is 49.0 Å². The molecule has 1 aliphatic carbocycles. The number of piperidine rings is 2. The molecule has 4 aliphatic rings. The van der Waals surface area contributed by atoms with E-state index >= 15 is 0 Å². The average molecular weight is 806 g/mol. The number of likely N-dealkylation sites (tertiary alicyclic amines) is 1. The number of alkyl halides is 3. The summed E-state index contributed by atoms with van der Waals surface area (Å²) in [5.41, 5.74) is 0.374. The Kier molecular flexibility index (Phi) is 13.2. The number of ether oxygens (including phenoxy) is 1. The number of benzene rings is 1. The van der Waals surface area contributed by atoms with Gasteiger partial charge in [-0.3, -0.25) is 14.8 Å². The molecule has 4 heterocycles. The smallest absolute Gasteiger partial charge is 0.419 e. The number of nitrogens with zero attached hydrogens (tertiary/aromatic N) is 7. The number of carbonyl (C=O) groups is 2. The maximum Gasteiger partial charge on any atom is 0.419 e. The molecule has 1 aromatic heterocycles. The van der Waals surface area contributed by atoms with Gasteiger partial charge < -0.3 is 20.2 Å². The molecule has 298 valence electrons. The number of likely N-dealkylation sites (N-methyl/N-ethyl adjacent to an activating group) is 1. The van der Waals surface area contributed by atoms with Crippen molar-refractivity contribution < 1.29 is 31.7 Å². The molecule has 13 nitrogen and oxygen atoms in total. The Balaban J connectivity index is 0.964. The number of amides is 2. The molecule has 6 rings (SSSR count). The summed E-state index contributed by atoms with van der Waals surface area (Å²) in [6.45, 7) is 5.63. The first-order chi connectivity index (χ1) is 26.4. The maximum atomic E-state index is 13.5. The normalized spacial score (nSPS) is 22.3. The van der Waals surface area contributed by atoms with Crippen molar-refractivity contribution in [1.82, 2.24) is 34.4 Å². The first kappa shape index (κ1) is 40.6. The molecular weight excluding hydrogens is 759 g/mol. The van der Waals surface area contributed by atoms with Crippen molar-refractivity contribution in [3.63, 3.8) is 0 Å². The van der Waals surface area contributed by atoms with Gasteiger partial charge in [-0.05, 0) is 75.4 Å². The topological polar surface area (TPSA) is 136 Å². The van der Waals surface area contributed by atoms with Crippen LogP contribution in [0.1, 0.15) is 44.6 Å². The van der Waals surface area contributed by atoms with Gasteiger partial charge in [-0.15, -0.1) is 0 Å². The van der Waals surface area contributed by atoms with Crippen LogP contribution in [0.15, 0.2) is 64.4 Å². The lowest BCUT2D eigenvalue weighted by Gasteiger charge is -2.37. The molecule has 0 saturated carbocycles. The van der Waals surface area contributed by atoms with Crippen molar-refractivity contribution in [2.24, 2.45) is 16.9 Å². The quantitative estimate of drug-likeness (QED) is 0.278. The second kappa shape index (κ2) is 17.8. The zero-order valence-corrected chi connectivity index (χ0v) is 32.6. The minimum atomic E-state index is -4.49. The second-order valence-electron chi connectivity index (χ2n) is 14.2. The lowest BCUT2D eigenvalue weighted by molar-refractivity contribution is -0.138. The minimum absolute atomic E-state index is 0.00145. The number of aromatic nitrogens is 2. The van der Waals surface area contributed by atoms with E-state index in [0.29, 0.717) is 60.0 Å². The van der Waals surface area contributed by atoms with Crippen LogP contribution in [-0.4, -0.2) is 123 Å². The van der Waals surface area contributed by atoms with E-state index in [4.69, 9.17) is 21.4 Å². The van der Waals surface area contributed by atoms with Gasteiger partial charge in [0, 0.05) is 64.6 Å². The van der Waals surface area contributed by atoms with Gasteiger partial charge in [0.2, 0.25) is 5.95 Å². The molecule has 2 fully saturated rings. The zero-order chi connectivity index (χ0) is 39.3. The number of carbonyl (C=O) groups excluding carboxylic acids is 2. The Bertz CT molecular complexity index is 1800. The number of hydrogen-bond donors (Lipinski definition) is 2. The fourth-order valence-electron chi connectivity index (χ4n) is 7.44. The summed E-state index contributed by atoms with van der Waals surface area (Å²) in [7, 11) is 2.03. The van der Waals surface area contributed by atoms with Gasteiger partial charge in [0.05, 0.1) is 27.4 Å². The number of hydrogen-bond acceptors (Lipinski definition) is 10. The Morgan fingerprint density at radius 1 is 1.15 bits per heavy atom. The SMILES string of the molecule is CNC(=O)N(CCC=O)C1=NN(C)C2C=C(C3CCN(C(C)COc4cc(S(=O)N5CCC(Nc6ncc(C(F)(F)F)cn6)CC5)ccc4Cl)CC3)C=CC12. The first-order valence-electron chi connectivity index (χ1n) is 18.5. The summed E-state index contributed by atoms with van der Waals surface area (Å²) in [6, 6.07) is 4.94. The van der Waals surface area contributed by atoms with Crippen LogP contribution in [-0.2, 0) is 22.0 Å². The minimum Gasteiger partial charge on any atom is -0.490 e. The van der Waals surface area contributed by atoms with E-state index in [1.165, 1.54) is 5.57 Å². The van der Waals surface area contributed by atoms with Crippen LogP contribution in [0.2, 0.25) is 5.02 Å².